The number of anilines is 1. The van der Waals surface area contributed by atoms with Crippen LogP contribution < -0.4 is 10.6 Å². The second kappa shape index (κ2) is 10.7. The highest BCUT2D eigenvalue weighted by atomic mass is 16.5. The number of hydrogen-bond donors (Lipinski definition) is 2. The molecule has 2 aliphatic rings. The molecular formula is C27H35N7O. The monoisotopic (exact) mass is 473 g/mol. The highest BCUT2D eigenvalue weighted by Crippen LogP contribution is 2.33. The topological polar surface area (TPSA) is 91.0 Å². The van der Waals surface area contributed by atoms with Crippen LogP contribution >= 0.6 is 0 Å². The number of nitriles is 1. The summed E-state index contributed by atoms with van der Waals surface area (Å²) in [6.07, 6.45) is 6.32. The number of hydrogen-bond acceptors (Lipinski definition) is 7. The van der Waals surface area contributed by atoms with Crippen LogP contribution in [0.1, 0.15) is 57.4 Å². The number of nitrogens with zero attached hydrogens (tertiary/aromatic N) is 5. The first-order valence-electron chi connectivity index (χ1n) is 12.8. The summed E-state index contributed by atoms with van der Waals surface area (Å²) >= 11 is 0. The molecule has 0 bridgehead atoms. The third kappa shape index (κ3) is 4.90. The van der Waals surface area contributed by atoms with Crippen molar-refractivity contribution >= 4 is 17.0 Å². The molecule has 8 heteroatoms. The van der Waals surface area contributed by atoms with E-state index in [4.69, 9.17) is 15.0 Å². The predicted octanol–water partition coefficient (Wildman–Crippen LogP) is 4.25. The van der Waals surface area contributed by atoms with Gasteiger partial charge in [-0.2, -0.15) is 5.26 Å². The minimum absolute atomic E-state index is 0.0436. The smallest absolute Gasteiger partial charge is 0.207 e. The Bertz CT molecular complexity index is 1160. The molecule has 2 saturated heterocycles. The Hall–Kier alpha value is -2.99. The molecular weight excluding hydrogens is 438 g/mol. The largest absolute Gasteiger partial charge is 0.343 e. The second-order valence-corrected chi connectivity index (χ2v) is 9.63. The number of ether oxygens (including phenoxy) is 1. The molecule has 5 rings (SSSR count). The zero-order valence-electron chi connectivity index (χ0n) is 20.6. The van der Waals surface area contributed by atoms with Crippen molar-refractivity contribution in [3.05, 3.63) is 54.4 Å². The number of fused-ring (bicyclic) bond motifs is 1. The number of nitrogens with one attached hydrogen (secondary N) is 2. The normalized spacial score (nSPS) is 24.8. The van der Waals surface area contributed by atoms with E-state index in [1.165, 1.54) is 18.5 Å². The van der Waals surface area contributed by atoms with E-state index in [0.717, 1.165) is 42.9 Å². The molecule has 2 aromatic heterocycles. The minimum Gasteiger partial charge on any atom is -0.343 e. The van der Waals surface area contributed by atoms with Gasteiger partial charge in [0.1, 0.15) is 12.8 Å². The van der Waals surface area contributed by atoms with Crippen molar-refractivity contribution in [1.29, 1.82) is 5.26 Å². The molecule has 0 aliphatic carbocycles. The molecule has 0 amide bonds. The molecule has 2 N–H and O–H groups in total. The number of imidazole rings is 1. The Morgan fingerprint density at radius 2 is 2.03 bits per heavy atom. The molecule has 3 aromatic rings. The number of benzene rings is 1. The summed E-state index contributed by atoms with van der Waals surface area (Å²) in [5.41, 5.74) is 3.11. The van der Waals surface area contributed by atoms with Crippen molar-refractivity contribution in [2.24, 2.45) is 0 Å². The summed E-state index contributed by atoms with van der Waals surface area (Å²) in [5, 5.41) is 16.6. The summed E-state index contributed by atoms with van der Waals surface area (Å²) < 4.78 is 7.86. The lowest BCUT2D eigenvalue weighted by molar-refractivity contribution is 0.0409. The minimum atomic E-state index is -0.302. The fourth-order valence-corrected chi connectivity index (χ4v) is 5.86. The Labute approximate surface area is 207 Å². The first-order valence-corrected chi connectivity index (χ1v) is 12.8. The predicted molar refractivity (Wildman–Crippen MR) is 137 cm³/mol. The van der Waals surface area contributed by atoms with Gasteiger partial charge in [0.25, 0.3) is 0 Å². The number of aromatic nitrogens is 3. The van der Waals surface area contributed by atoms with E-state index in [1.54, 1.807) is 0 Å². The average molecular weight is 474 g/mol. The lowest BCUT2D eigenvalue weighted by Gasteiger charge is -2.43. The van der Waals surface area contributed by atoms with Crippen LogP contribution in [0.15, 0.2) is 48.7 Å². The molecule has 5 atom stereocenters. The van der Waals surface area contributed by atoms with Gasteiger partial charge in [-0.15, -0.1) is 0 Å². The number of likely N-dealkylation sites (tertiary alicyclic amines) is 1. The van der Waals surface area contributed by atoms with Crippen molar-refractivity contribution in [1.82, 2.24) is 24.8 Å². The Morgan fingerprint density at radius 1 is 1.17 bits per heavy atom. The molecule has 184 valence electrons. The van der Waals surface area contributed by atoms with Crippen LogP contribution in [0.2, 0.25) is 0 Å². The summed E-state index contributed by atoms with van der Waals surface area (Å²) in [6.45, 7) is 6.43. The zero-order valence-corrected chi connectivity index (χ0v) is 20.6. The van der Waals surface area contributed by atoms with E-state index < -0.39 is 0 Å². The number of para-hydroxylation sites is 2. The maximum absolute atomic E-state index is 9.03. The molecule has 0 spiro atoms. The van der Waals surface area contributed by atoms with Gasteiger partial charge in [-0.25, -0.2) is 4.98 Å². The van der Waals surface area contributed by atoms with Gasteiger partial charge in [0, 0.05) is 36.4 Å². The fraction of sp³-hybridized carbons (Fsp3) is 0.519. The Morgan fingerprint density at radius 3 is 2.86 bits per heavy atom. The third-order valence-corrected chi connectivity index (χ3v) is 7.57. The van der Waals surface area contributed by atoms with Crippen LogP contribution in [0.25, 0.3) is 11.0 Å². The molecule has 2 aliphatic heterocycles. The van der Waals surface area contributed by atoms with Crippen molar-refractivity contribution in [3.8, 4) is 6.07 Å². The first kappa shape index (κ1) is 23.7. The third-order valence-electron chi connectivity index (χ3n) is 7.57. The van der Waals surface area contributed by atoms with E-state index in [-0.39, 0.29) is 19.0 Å². The second-order valence-electron chi connectivity index (χ2n) is 9.63. The lowest BCUT2D eigenvalue weighted by Crippen LogP contribution is -2.56. The van der Waals surface area contributed by atoms with E-state index in [0.29, 0.717) is 18.0 Å². The van der Waals surface area contributed by atoms with Gasteiger partial charge < -0.3 is 15.4 Å². The van der Waals surface area contributed by atoms with Crippen molar-refractivity contribution < 1.29 is 4.74 Å². The van der Waals surface area contributed by atoms with E-state index in [2.05, 4.69) is 56.3 Å². The van der Waals surface area contributed by atoms with Crippen LogP contribution in [0.3, 0.4) is 0 Å². The van der Waals surface area contributed by atoms with Gasteiger partial charge in [-0.3, -0.25) is 14.5 Å². The Balaban J connectivity index is 1.40. The maximum Gasteiger partial charge on any atom is 0.207 e. The van der Waals surface area contributed by atoms with Crippen molar-refractivity contribution in [2.75, 3.05) is 25.0 Å². The summed E-state index contributed by atoms with van der Waals surface area (Å²) in [5.74, 6) is 1.21. The maximum atomic E-state index is 9.03. The summed E-state index contributed by atoms with van der Waals surface area (Å²) in [6, 6.07) is 17.1. The van der Waals surface area contributed by atoms with Gasteiger partial charge >= 0.3 is 0 Å². The van der Waals surface area contributed by atoms with Crippen LogP contribution in [0.5, 0.6) is 0 Å². The highest BCUT2D eigenvalue weighted by Gasteiger charge is 2.39. The van der Waals surface area contributed by atoms with Gasteiger partial charge in [0.15, 0.2) is 0 Å². The van der Waals surface area contributed by atoms with Crippen LogP contribution in [0.4, 0.5) is 5.95 Å². The summed E-state index contributed by atoms with van der Waals surface area (Å²) in [4.78, 5) is 12.2. The molecule has 5 unspecified atom stereocenters. The van der Waals surface area contributed by atoms with Gasteiger partial charge in [-0.05, 0) is 70.3 Å². The first-order chi connectivity index (χ1) is 17.2. The van der Waals surface area contributed by atoms with Gasteiger partial charge in [0.05, 0.1) is 23.3 Å². The van der Waals surface area contributed by atoms with Gasteiger partial charge in [-0.1, -0.05) is 18.2 Å². The molecule has 0 radical (unpaired) electrons. The van der Waals surface area contributed by atoms with Crippen molar-refractivity contribution in [2.45, 2.75) is 69.9 Å². The average Bonchev–Trinajstić information content (AvgIpc) is 3.53. The standard InChI is InChI=1S/C27H35N7O/c1-19(26-21(13-16-30-26)22-9-5-7-15-29-22)33-17-8-6-12-25(33)32-27-31-23-10-3-4-11-24(23)34(27)20(2)35-18-14-28/h3-5,7,9-11,15,19-21,25-26,30H,6,8,12-13,16-18H2,1-2H3,(H,31,32). The van der Waals surface area contributed by atoms with Crippen LogP contribution in [-0.2, 0) is 4.74 Å². The molecule has 8 nitrogen and oxygen atoms in total. The van der Waals surface area contributed by atoms with Crippen molar-refractivity contribution in [3.63, 3.8) is 0 Å². The number of pyridine rings is 1. The van der Waals surface area contributed by atoms with E-state index in [9.17, 15) is 0 Å². The van der Waals surface area contributed by atoms with E-state index in [1.807, 2.05) is 37.4 Å². The molecule has 0 saturated carbocycles. The van der Waals surface area contributed by atoms with Crippen LogP contribution in [0, 0.1) is 11.3 Å². The fourth-order valence-electron chi connectivity index (χ4n) is 5.86. The molecule has 4 heterocycles. The van der Waals surface area contributed by atoms with Gasteiger partial charge in [0.2, 0.25) is 5.95 Å². The molecule has 35 heavy (non-hydrogen) atoms. The van der Waals surface area contributed by atoms with Crippen LogP contribution in [-0.4, -0.2) is 57.4 Å². The number of piperidine rings is 1. The van der Waals surface area contributed by atoms with E-state index >= 15 is 0 Å². The summed E-state index contributed by atoms with van der Waals surface area (Å²) in [7, 11) is 0. The SMILES string of the molecule is CC(C1NCCC1c1ccccn1)N1CCCCC1Nc1nc2ccccc2n1C(C)OCC#N. The zero-order chi connectivity index (χ0) is 24.2. The lowest BCUT2D eigenvalue weighted by atomic mass is 9.89. The molecule has 2 fully saturated rings. The molecule has 1 aromatic carbocycles. The Kier molecular flexibility index (Phi) is 7.28. The highest BCUT2D eigenvalue weighted by molar-refractivity contribution is 5.78. The quantitative estimate of drug-likeness (QED) is 0.505. The number of rotatable bonds is 8.